The van der Waals surface area contributed by atoms with E-state index in [1.165, 1.54) is 64.2 Å². The van der Waals surface area contributed by atoms with E-state index in [2.05, 4.69) is 68.5 Å². The van der Waals surface area contributed by atoms with Gasteiger partial charge in [0, 0.05) is 19.3 Å². The molecule has 0 fully saturated rings. The van der Waals surface area contributed by atoms with E-state index in [0.29, 0.717) is 19.3 Å². The zero-order valence-corrected chi connectivity index (χ0v) is 35.2. The molecule has 0 bridgehead atoms. The lowest BCUT2D eigenvalue weighted by Gasteiger charge is -2.31. The molecule has 0 radical (unpaired) electrons. The number of hydrogen-bond acceptors (Lipinski definition) is 6. The number of carboxylic acid groups (broad SMARTS) is 1. The zero-order chi connectivity index (χ0) is 40.0. The number of ether oxygens (including phenoxy) is 3. The predicted octanol–water partition coefficient (Wildman–Crippen LogP) is 11.4. The molecular weight excluding hydrogens is 679 g/mol. The molecule has 2 atom stereocenters. The van der Waals surface area contributed by atoms with Gasteiger partial charge < -0.3 is 23.8 Å². The van der Waals surface area contributed by atoms with Gasteiger partial charge in [-0.3, -0.25) is 9.59 Å². The Labute approximate surface area is 330 Å². The fraction of sp³-hybridized carbons (Fsp3) is 0.717. The Morgan fingerprint density at radius 2 is 1.07 bits per heavy atom. The second-order valence-electron chi connectivity index (χ2n) is 15.2. The average Bonchev–Trinajstić information content (AvgIpc) is 3.12. The Morgan fingerprint density at radius 3 is 1.63 bits per heavy atom. The highest BCUT2D eigenvalue weighted by Crippen LogP contribution is 2.14. The molecule has 310 valence electrons. The van der Waals surface area contributed by atoms with Gasteiger partial charge in [0.2, 0.25) is 0 Å². The lowest BCUT2D eigenvalue weighted by molar-refractivity contribution is -0.887. The van der Waals surface area contributed by atoms with Crippen LogP contribution in [0.15, 0.2) is 60.8 Å². The van der Waals surface area contributed by atoms with Crippen molar-refractivity contribution in [2.24, 2.45) is 0 Å². The first-order valence-corrected chi connectivity index (χ1v) is 21.3. The molecule has 0 heterocycles. The molecule has 8 heteroatoms. The summed E-state index contributed by atoms with van der Waals surface area (Å²) < 4.78 is 17.1. The summed E-state index contributed by atoms with van der Waals surface area (Å²) in [5.41, 5.74) is 0. The first kappa shape index (κ1) is 51.0. The summed E-state index contributed by atoms with van der Waals surface area (Å²) in [6.45, 7) is 4.50. The van der Waals surface area contributed by atoms with Crippen LogP contribution >= 0.6 is 0 Å². The molecule has 0 rings (SSSR count). The highest BCUT2D eigenvalue weighted by Gasteiger charge is 2.31. The Morgan fingerprint density at radius 1 is 0.574 bits per heavy atom. The molecule has 0 aliphatic rings. The van der Waals surface area contributed by atoms with Crippen molar-refractivity contribution in [2.45, 2.75) is 174 Å². The van der Waals surface area contributed by atoms with Crippen LogP contribution in [0.25, 0.3) is 0 Å². The monoisotopic (exact) mass is 759 g/mol. The minimum absolute atomic E-state index is 0.0459. The number of likely N-dealkylation sites (N-methyl/N-ethyl adjacent to an activating group) is 1. The fourth-order valence-electron chi connectivity index (χ4n) is 5.86. The Hall–Kier alpha value is -2.97. The molecule has 0 saturated carbocycles. The van der Waals surface area contributed by atoms with Crippen molar-refractivity contribution in [1.29, 1.82) is 0 Å². The number of allylic oxidation sites excluding steroid dienone is 10. The standard InChI is InChI=1S/C46H79NO7/c1-6-8-10-12-14-15-16-17-18-19-20-21-22-23-24-25-26-27-28-29-31-33-35-37-45(49)54-42(40-52-39-38-43(46(50)51)47(3,4)5)41-53-44(48)36-34-32-30-13-11-9-7-2/h8,10,14-15,17-18,20-21,30,32,42-43H,6-7,9,11-13,16,19,22-29,31,33-41H2,1-5H3/p+1/b10-8+,15-14+,18-17+,21-20+,32-30+. The highest BCUT2D eigenvalue weighted by molar-refractivity contribution is 5.72. The summed E-state index contributed by atoms with van der Waals surface area (Å²) >= 11 is 0. The lowest BCUT2D eigenvalue weighted by atomic mass is 10.0. The van der Waals surface area contributed by atoms with Crippen molar-refractivity contribution in [3.05, 3.63) is 60.8 Å². The SMILES string of the molecule is CC/C=C/C/C=C/C/C=C/C/C=C/CCCCCCCCCCCCC(=O)OC(COCCC(C(=O)O)[N+](C)(C)C)COC(=O)CC/C=C/CCCCC. The smallest absolute Gasteiger partial charge is 0.362 e. The maximum Gasteiger partial charge on any atom is 0.362 e. The van der Waals surface area contributed by atoms with E-state index in [4.69, 9.17) is 14.2 Å². The van der Waals surface area contributed by atoms with Crippen molar-refractivity contribution >= 4 is 17.9 Å². The molecule has 0 aliphatic heterocycles. The van der Waals surface area contributed by atoms with Crippen LogP contribution in [0.2, 0.25) is 0 Å². The summed E-state index contributed by atoms with van der Waals surface area (Å²) in [5, 5.41) is 9.58. The molecule has 0 aromatic heterocycles. The minimum atomic E-state index is -0.883. The molecule has 0 spiro atoms. The number of esters is 2. The second kappa shape index (κ2) is 37.0. The molecular formula is C46H80NO7+. The third kappa shape index (κ3) is 34.8. The third-order valence-corrected chi connectivity index (χ3v) is 9.16. The quantitative estimate of drug-likeness (QED) is 0.0291. The van der Waals surface area contributed by atoms with Crippen molar-refractivity contribution in [1.82, 2.24) is 0 Å². The first-order chi connectivity index (χ1) is 26.1. The van der Waals surface area contributed by atoms with E-state index < -0.39 is 18.1 Å². The van der Waals surface area contributed by atoms with Crippen LogP contribution in [0.5, 0.6) is 0 Å². The van der Waals surface area contributed by atoms with Crippen molar-refractivity contribution in [3.63, 3.8) is 0 Å². The number of unbranched alkanes of at least 4 members (excludes halogenated alkanes) is 13. The van der Waals surface area contributed by atoms with E-state index >= 15 is 0 Å². The largest absolute Gasteiger partial charge is 0.477 e. The number of aliphatic carboxylic acids is 1. The van der Waals surface area contributed by atoms with Gasteiger partial charge in [-0.15, -0.1) is 0 Å². The van der Waals surface area contributed by atoms with Crippen molar-refractivity contribution in [3.8, 4) is 0 Å². The molecule has 0 aromatic rings. The lowest BCUT2D eigenvalue weighted by Crippen LogP contribution is -2.50. The first-order valence-electron chi connectivity index (χ1n) is 21.3. The van der Waals surface area contributed by atoms with E-state index in [1.807, 2.05) is 27.2 Å². The van der Waals surface area contributed by atoms with Crippen molar-refractivity contribution < 1.29 is 38.2 Å². The summed E-state index contributed by atoms with van der Waals surface area (Å²) in [4.78, 5) is 36.7. The predicted molar refractivity (Wildman–Crippen MR) is 224 cm³/mol. The third-order valence-electron chi connectivity index (χ3n) is 9.16. The second-order valence-corrected chi connectivity index (χ2v) is 15.2. The van der Waals surface area contributed by atoms with Gasteiger partial charge in [-0.25, -0.2) is 4.79 Å². The van der Waals surface area contributed by atoms with Crippen LogP contribution in [0.3, 0.4) is 0 Å². The summed E-state index contributed by atoms with van der Waals surface area (Å²) in [6.07, 6.45) is 44.4. The molecule has 0 aromatic carbocycles. The minimum Gasteiger partial charge on any atom is -0.477 e. The average molecular weight is 759 g/mol. The number of carbonyl (C=O) groups is 3. The molecule has 0 amide bonds. The van der Waals surface area contributed by atoms with Gasteiger partial charge in [0.15, 0.2) is 12.1 Å². The van der Waals surface area contributed by atoms with Gasteiger partial charge in [-0.1, -0.05) is 139 Å². The molecule has 2 unspecified atom stereocenters. The molecule has 0 aliphatic carbocycles. The highest BCUT2D eigenvalue weighted by atomic mass is 16.6. The Kier molecular flexibility index (Phi) is 34.9. The number of rotatable bonds is 37. The maximum atomic E-state index is 12.7. The topological polar surface area (TPSA) is 99.1 Å². The van der Waals surface area contributed by atoms with Gasteiger partial charge in [0.1, 0.15) is 6.61 Å². The maximum absolute atomic E-state index is 12.7. The van der Waals surface area contributed by atoms with Crippen LogP contribution in [-0.2, 0) is 28.6 Å². The van der Waals surface area contributed by atoms with Crippen LogP contribution in [0.1, 0.15) is 162 Å². The number of nitrogens with zero attached hydrogens (tertiary/aromatic N) is 1. The normalized spacial score (nSPS) is 13.6. The van der Waals surface area contributed by atoms with Gasteiger partial charge in [0.25, 0.3) is 0 Å². The van der Waals surface area contributed by atoms with Crippen LogP contribution < -0.4 is 0 Å². The van der Waals surface area contributed by atoms with E-state index in [0.717, 1.165) is 57.8 Å². The number of hydrogen-bond donors (Lipinski definition) is 1. The van der Waals surface area contributed by atoms with Gasteiger partial charge >= 0.3 is 17.9 Å². The van der Waals surface area contributed by atoms with Gasteiger partial charge in [0.05, 0.1) is 34.4 Å². The number of quaternary nitrogens is 1. The molecule has 8 nitrogen and oxygen atoms in total. The van der Waals surface area contributed by atoms with Crippen LogP contribution in [0, 0.1) is 0 Å². The summed E-state index contributed by atoms with van der Waals surface area (Å²) in [5.74, 6) is -1.55. The van der Waals surface area contributed by atoms with E-state index in [1.54, 1.807) is 0 Å². The summed E-state index contributed by atoms with van der Waals surface area (Å²) in [7, 11) is 5.50. The van der Waals surface area contributed by atoms with Crippen LogP contribution in [0.4, 0.5) is 0 Å². The van der Waals surface area contributed by atoms with Crippen molar-refractivity contribution in [2.75, 3.05) is 41.0 Å². The van der Waals surface area contributed by atoms with E-state index in [-0.39, 0.29) is 42.7 Å². The van der Waals surface area contributed by atoms with Gasteiger partial charge in [-0.2, -0.15) is 0 Å². The number of carboxylic acids is 1. The zero-order valence-electron chi connectivity index (χ0n) is 35.2. The Balaban J connectivity index is 4.21. The Bertz CT molecular complexity index is 1070. The molecule has 54 heavy (non-hydrogen) atoms. The number of carbonyl (C=O) groups excluding carboxylic acids is 2. The van der Waals surface area contributed by atoms with Crippen LogP contribution in [-0.4, -0.2) is 80.6 Å². The summed E-state index contributed by atoms with van der Waals surface area (Å²) in [6, 6.07) is -0.620. The van der Waals surface area contributed by atoms with Gasteiger partial charge in [-0.05, 0) is 64.2 Å². The molecule has 0 saturated heterocycles. The van der Waals surface area contributed by atoms with E-state index in [9.17, 15) is 19.5 Å². The fourth-order valence-corrected chi connectivity index (χ4v) is 5.86. The molecule has 1 N–H and O–H groups in total.